The van der Waals surface area contributed by atoms with Gasteiger partial charge in [0.1, 0.15) is 5.75 Å². The number of nitrogens with one attached hydrogen (secondary N) is 1. The van der Waals surface area contributed by atoms with Crippen LogP contribution >= 0.6 is 23.2 Å². The fourth-order valence-electron chi connectivity index (χ4n) is 3.41. The molecule has 6 nitrogen and oxygen atoms in total. The van der Waals surface area contributed by atoms with Crippen molar-refractivity contribution in [3.05, 3.63) is 64.6 Å². The van der Waals surface area contributed by atoms with Crippen molar-refractivity contribution in [3.63, 3.8) is 0 Å². The van der Waals surface area contributed by atoms with Gasteiger partial charge in [0.15, 0.2) is 11.9 Å². The highest BCUT2D eigenvalue weighted by Crippen LogP contribution is 2.29. The van der Waals surface area contributed by atoms with Crippen LogP contribution in [0.3, 0.4) is 0 Å². The predicted octanol–water partition coefficient (Wildman–Crippen LogP) is 5.46. The molecule has 0 spiro atoms. The number of amides is 1. The summed E-state index contributed by atoms with van der Waals surface area (Å²) in [5, 5.41) is 12.5. The molecule has 4 rings (SSSR count). The van der Waals surface area contributed by atoms with E-state index in [9.17, 15) is 4.79 Å². The van der Waals surface area contributed by atoms with Crippen molar-refractivity contribution < 1.29 is 9.53 Å². The van der Waals surface area contributed by atoms with Gasteiger partial charge in [0.25, 0.3) is 5.91 Å². The fourth-order valence-corrected chi connectivity index (χ4v) is 3.86. The van der Waals surface area contributed by atoms with E-state index in [0.29, 0.717) is 21.5 Å². The Morgan fingerprint density at radius 2 is 1.87 bits per heavy atom. The summed E-state index contributed by atoms with van der Waals surface area (Å²) in [6.07, 6.45) is 1.64. The highest BCUT2D eigenvalue weighted by molar-refractivity contribution is 6.35. The van der Waals surface area contributed by atoms with Gasteiger partial charge in [0, 0.05) is 29.4 Å². The fraction of sp³-hybridized carbons (Fsp3) is 0.261. The van der Waals surface area contributed by atoms with Crippen LogP contribution in [-0.4, -0.2) is 35.3 Å². The molecule has 0 bridgehead atoms. The summed E-state index contributed by atoms with van der Waals surface area (Å²) in [6.45, 7) is 3.71. The zero-order chi connectivity index (χ0) is 21.8. The number of halogens is 2. The Morgan fingerprint density at radius 1 is 1.06 bits per heavy atom. The molecular formula is C23H22Cl2N4O2. The molecule has 1 unspecified atom stereocenters. The molecule has 1 saturated heterocycles. The number of carbonyl (C=O) groups excluding carboxylic acids is 1. The zero-order valence-corrected chi connectivity index (χ0v) is 18.5. The molecule has 0 radical (unpaired) electrons. The van der Waals surface area contributed by atoms with Crippen molar-refractivity contribution in [1.82, 2.24) is 10.2 Å². The standard InChI is InChI=1S/C23H22Cl2N4O2/c1-15(31-21-9-7-17(24)14-19(21)25)23(30)26-18-6-4-5-16(13-18)20-8-10-22(28-27-20)29-11-2-3-12-29/h4-10,13-15H,2-3,11-12H2,1H3,(H,26,30). The summed E-state index contributed by atoms with van der Waals surface area (Å²) in [5.74, 6) is 1.01. The molecule has 2 heterocycles. The van der Waals surface area contributed by atoms with Gasteiger partial charge < -0.3 is 15.0 Å². The number of anilines is 2. The smallest absolute Gasteiger partial charge is 0.265 e. The van der Waals surface area contributed by atoms with Crippen LogP contribution in [0, 0.1) is 0 Å². The number of benzene rings is 2. The van der Waals surface area contributed by atoms with Crippen LogP contribution < -0.4 is 15.0 Å². The molecule has 1 atom stereocenters. The lowest BCUT2D eigenvalue weighted by Gasteiger charge is -2.16. The predicted molar refractivity (Wildman–Crippen MR) is 124 cm³/mol. The van der Waals surface area contributed by atoms with E-state index in [-0.39, 0.29) is 5.91 Å². The van der Waals surface area contributed by atoms with Gasteiger partial charge in [-0.2, -0.15) is 0 Å². The molecule has 1 fully saturated rings. The van der Waals surface area contributed by atoms with Crippen LogP contribution in [0.15, 0.2) is 54.6 Å². The summed E-state index contributed by atoms with van der Waals surface area (Å²) in [7, 11) is 0. The van der Waals surface area contributed by atoms with E-state index in [1.165, 1.54) is 12.8 Å². The van der Waals surface area contributed by atoms with E-state index in [1.807, 2.05) is 36.4 Å². The normalized spacial score (nSPS) is 14.4. The minimum atomic E-state index is -0.748. The summed E-state index contributed by atoms with van der Waals surface area (Å²) in [5.41, 5.74) is 2.26. The molecule has 1 aliphatic heterocycles. The number of aromatic nitrogens is 2. The van der Waals surface area contributed by atoms with E-state index in [4.69, 9.17) is 27.9 Å². The lowest BCUT2D eigenvalue weighted by atomic mass is 10.1. The maximum absolute atomic E-state index is 12.6. The second kappa shape index (κ2) is 9.54. The van der Waals surface area contributed by atoms with Crippen molar-refractivity contribution in [2.45, 2.75) is 25.9 Å². The molecule has 2 aromatic carbocycles. The van der Waals surface area contributed by atoms with Gasteiger partial charge in [-0.25, -0.2) is 0 Å². The van der Waals surface area contributed by atoms with Gasteiger partial charge in [-0.3, -0.25) is 4.79 Å². The first-order valence-corrected chi connectivity index (χ1v) is 10.9. The van der Waals surface area contributed by atoms with Crippen molar-refractivity contribution in [2.75, 3.05) is 23.3 Å². The van der Waals surface area contributed by atoms with Crippen molar-refractivity contribution in [3.8, 4) is 17.0 Å². The molecule has 1 aromatic heterocycles. The highest BCUT2D eigenvalue weighted by Gasteiger charge is 2.17. The maximum Gasteiger partial charge on any atom is 0.265 e. The first kappa shape index (κ1) is 21.4. The molecule has 8 heteroatoms. The van der Waals surface area contributed by atoms with E-state index in [0.717, 1.165) is 30.2 Å². The topological polar surface area (TPSA) is 67.3 Å². The Balaban J connectivity index is 1.42. The van der Waals surface area contributed by atoms with Gasteiger partial charge in [0.05, 0.1) is 10.7 Å². The lowest BCUT2D eigenvalue weighted by Crippen LogP contribution is -2.30. The zero-order valence-electron chi connectivity index (χ0n) is 17.0. The second-order valence-electron chi connectivity index (χ2n) is 7.38. The molecule has 1 amide bonds. The summed E-state index contributed by atoms with van der Waals surface area (Å²) >= 11 is 12.0. The average Bonchev–Trinajstić information content (AvgIpc) is 3.31. The van der Waals surface area contributed by atoms with Crippen LogP contribution in [0.5, 0.6) is 5.75 Å². The van der Waals surface area contributed by atoms with E-state index in [1.54, 1.807) is 25.1 Å². The Kier molecular flexibility index (Phi) is 6.59. The quantitative estimate of drug-likeness (QED) is 0.533. The van der Waals surface area contributed by atoms with E-state index >= 15 is 0 Å². The number of rotatable bonds is 6. The Morgan fingerprint density at radius 3 is 2.58 bits per heavy atom. The number of carbonyl (C=O) groups is 1. The van der Waals surface area contributed by atoms with Gasteiger partial charge >= 0.3 is 0 Å². The lowest BCUT2D eigenvalue weighted by molar-refractivity contribution is -0.122. The van der Waals surface area contributed by atoms with Gasteiger partial charge in [-0.05, 0) is 62.2 Å². The summed E-state index contributed by atoms with van der Waals surface area (Å²) in [4.78, 5) is 14.8. The molecule has 31 heavy (non-hydrogen) atoms. The highest BCUT2D eigenvalue weighted by atomic mass is 35.5. The first-order chi connectivity index (χ1) is 15.0. The SMILES string of the molecule is CC(Oc1ccc(Cl)cc1Cl)C(=O)Nc1cccc(-c2ccc(N3CCCC3)nn2)c1. The monoisotopic (exact) mass is 456 g/mol. The first-order valence-electron chi connectivity index (χ1n) is 10.1. The van der Waals surface area contributed by atoms with Crippen molar-refractivity contribution in [1.29, 1.82) is 0 Å². The van der Waals surface area contributed by atoms with E-state index < -0.39 is 6.10 Å². The minimum absolute atomic E-state index is 0.293. The third-order valence-corrected chi connectivity index (χ3v) is 5.60. The number of nitrogens with zero attached hydrogens (tertiary/aromatic N) is 3. The van der Waals surface area contributed by atoms with E-state index in [2.05, 4.69) is 20.4 Å². The number of hydrogen-bond acceptors (Lipinski definition) is 5. The Hall–Kier alpha value is -2.83. The number of ether oxygens (including phenoxy) is 1. The third-order valence-electron chi connectivity index (χ3n) is 5.07. The molecule has 160 valence electrons. The maximum atomic E-state index is 12.6. The second-order valence-corrected chi connectivity index (χ2v) is 8.22. The van der Waals surface area contributed by atoms with Crippen LogP contribution in [0.25, 0.3) is 11.3 Å². The van der Waals surface area contributed by atoms with Crippen LogP contribution in [0.4, 0.5) is 11.5 Å². The molecule has 0 aliphatic carbocycles. The molecule has 3 aromatic rings. The largest absolute Gasteiger partial charge is 0.479 e. The molecule has 1 aliphatic rings. The van der Waals surface area contributed by atoms with Crippen LogP contribution in [0.1, 0.15) is 19.8 Å². The summed E-state index contributed by atoms with van der Waals surface area (Å²) in [6, 6.07) is 16.3. The third kappa shape index (κ3) is 5.27. The molecule has 0 saturated carbocycles. The van der Waals surface area contributed by atoms with Crippen molar-refractivity contribution in [2.24, 2.45) is 0 Å². The molecular weight excluding hydrogens is 435 g/mol. The van der Waals surface area contributed by atoms with Crippen LogP contribution in [-0.2, 0) is 4.79 Å². The average molecular weight is 457 g/mol. The molecule has 1 N–H and O–H groups in total. The van der Waals surface area contributed by atoms with Gasteiger partial charge in [-0.1, -0.05) is 35.3 Å². The Labute approximate surface area is 191 Å². The summed E-state index contributed by atoms with van der Waals surface area (Å²) < 4.78 is 5.68. The van der Waals surface area contributed by atoms with Crippen LogP contribution in [0.2, 0.25) is 10.0 Å². The van der Waals surface area contributed by atoms with Crippen molar-refractivity contribution >= 4 is 40.6 Å². The number of hydrogen-bond donors (Lipinski definition) is 1. The van der Waals surface area contributed by atoms with Gasteiger partial charge in [-0.15, -0.1) is 10.2 Å². The minimum Gasteiger partial charge on any atom is -0.479 e. The van der Waals surface area contributed by atoms with Gasteiger partial charge in [0.2, 0.25) is 0 Å². The Bertz CT molecular complexity index is 1070.